The van der Waals surface area contributed by atoms with Gasteiger partial charge in [-0.25, -0.2) is 8.78 Å². The molecule has 0 radical (unpaired) electrons. The van der Waals surface area contributed by atoms with E-state index in [1.165, 1.54) is 18.2 Å². The summed E-state index contributed by atoms with van der Waals surface area (Å²) < 4.78 is 61.9. The van der Waals surface area contributed by atoms with E-state index < -0.39 is 17.6 Å². The Balaban J connectivity index is 0.000000451. The largest absolute Gasteiger partial charge is 0.416 e. The summed E-state index contributed by atoms with van der Waals surface area (Å²) in [5.74, 6) is -1.06. The minimum Gasteiger partial charge on any atom is -0.207 e. The molecule has 0 spiro atoms. The van der Waals surface area contributed by atoms with Gasteiger partial charge >= 0.3 is 6.18 Å². The molecule has 0 nitrogen and oxygen atoms in total. The molecule has 0 aliphatic carbocycles. The molecule has 0 aromatic heterocycles. The number of hydrogen-bond donors (Lipinski definition) is 0. The highest BCUT2D eigenvalue weighted by molar-refractivity contribution is 5.28. The van der Waals surface area contributed by atoms with Crippen LogP contribution >= 0.6 is 0 Å². The molecule has 0 heterocycles. The van der Waals surface area contributed by atoms with E-state index in [0.29, 0.717) is 11.6 Å². The minimum atomic E-state index is -4.48. The van der Waals surface area contributed by atoms with Gasteiger partial charge in [0.2, 0.25) is 0 Å². The molecule has 0 N–H and O–H groups in total. The van der Waals surface area contributed by atoms with E-state index in [9.17, 15) is 22.0 Å². The van der Waals surface area contributed by atoms with Crippen LogP contribution in [0.15, 0.2) is 36.4 Å². The molecule has 0 bridgehead atoms. The van der Waals surface area contributed by atoms with Crippen molar-refractivity contribution in [3.05, 3.63) is 70.3 Å². The van der Waals surface area contributed by atoms with Gasteiger partial charge in [0.1, 0.15) is 11.6 Å². The van der Waals surface area contributed by atoms with Crippen LogP contribution in [0.4, 0.5) is 22.0 Å². The molecule has 0 saturated heterocycles. The van der Waals surface area contributed by atoms with Crippen molar-refractivity contribution in [1.29, 1.82) is 0 Å². The highest BCUT2D eigenvalue weighted by Crippen LogP contribution is 2.31. The fraction of sp³-hybridized carbons (Fsp3) is 0.400. The molecule has 5 heteroatoms. The van der Waals surface area contributed by atoms with E-state index in [2.05, 4.69) is 0 Å². The number of aryl methyl sites for hydroxylation is 2. The molecule has 0 saturated carbocycles. The molecule has 0 fully saturated rings. The lowest BCUT2D eigenvalue weighted by Crippen LogP contribution is -2.06. The highest BCUT2D eigenvalue weighted by atomic mass is 19.4. The SMILES string of the molecule is CC.CC(C)c1ccc(C(F)(F)F)cc1F.Cc1ccc(F)cc1C. The smallest absolute Gasteiger partial charge is 0.207 e. The van der Waals surface area contributed by atoms with Crippen LogP contribution in [-0.4, -0.2) is 0 Å². The lowest BCUT2D eigenvalue weighted by atomic mass is 10.0. The van der Waals surface area contributed by atoms with Crippen molar-refractivity contribution in [3.8, 4) is 0 Å². The summed E-state index contributed by atoms with van der Waals surface area (Å²) in [5, 5.41) is 0. The van der Waals surface area contributed by atoms with Crippen LogP contribution in [0.5, 0.6) is 0 Å². The van der Waals surface area contributed by atoms with Crippen LogP contribution in [0, 0.1) is 25.5 Å². The first-order valence-corrected chi connectivity index (χ1v) is 8.11. The molecule has 0 atom stereocenters. The van der Waals surface area contributed by atoms with Gasteiger partial charge in [-0.15, -0.1) is 0 Å². The van der Waals surface area contributed by atoms with Crippen molar-refractivity contribution in [2.45, 2.75) is 53.6 Å². The van der Waals surface area contributed by atoms with Crippen molar-refractivity contribution in [3.63, 3.8) is 0 Å². The molecule has 25 heavy (non-hydrogen) atoms. The van der Waals surface area contributed by atoms with Crippen molar-refractivity contribution in [2.75, 3.05) is 0 Å². The van der Waals surface area contributed by atoms with Gasteiger partial charge in [0, 0.05) is 0 Å². The molecule has 0 amide bonds. The van der Waals surface area contributed by atoms with Crippen LogP contribution < -0.4 is 0 Å². The average molecular weight is 360 g/mol. The molecule has 0 aliphatic heterocycles. The summed E-state index contributed by atoms with van der Waals surface area (Å²) in [6, 6.07) is 7.42. The second-order valence-corrected chi connectivity index (χ2v) is 5.62. The van der Waals surface area contributed by atoms with E-state index in [1.54, 1.807) is 19.9 Å². The van der Waals surface area contributed by atoms with Gasteiger partial charge in [0.05, 0.1) is 5.56 Å². The number of halogens is 5. The maximum absolute atomic E-state index is 13.1. The van der Waals surface area contributed by atoms with Crippen LogP contribution in [0.25, 0.3) is 0 Å². The number of hydrogen-bond acceptors (Lipinski definition) is 0. The third kappa shape index (κ3) is 7.67. The number of rotatable bonds is 1. The zero-order chi connectivity index (χ0) is 19.8. The van der Waals surface area contributed by atoms with Gasteiger partial charge in [-0.2, -0.15) is 13.2 Å². The van der Waals surface area contributed by atoms with Gasteiger partial charge < -0.3 is 0 Å². The zero-order valence-electron chi connectivity index (χ0n) is 15.4. The molecule has 2 rings (SSSR count). The van der Waals surface area contributed by atoms with E-state index in [-0.39, 0.29) is 11.7 Å². The van der Waals surface area contributed by atoms with Crippen molar-refractivity contribution >= 4 is 0 Å². The van der Waals surface area contributed by atoms with Crippen molar-refractivity contribution < 1.29 is 22.0 Å². The van der Waals surface area contributed by atoms with Crippen molar-refractivity contribution in [1.82, 2.24) is 0 Å². The van der Waals surface area contributed by atoms with Gasteiger partial charge in [-0.3, -0.25) is 0 Å². The molecule has 140 valence electrons. The third-order valence-electron chi connectivity index (χ3n) is 3.42. The molecular weight excluding hydrogens is 335 g/mol. The van der Waals surface area contributed by atoms with Gasteiger partial charge in [0.15, 0.2) is 0 Å². The Hall–Kier alpha value is -1.91. The lowest BCUT2D eigenvalue weighted by molar-refractivity contribution is -0.137. The Bertz CT molecular complexity index is 658. The first kappa shape index (κ1) is 23.1. The second kappa shape index (κ2) is 10.2. The topological polar surface area (TPSA) is 0 Å². The average Bonchev–Trinajstić information content (AvgIpc) is 2.52. The van der Waals surface area contributed by atoms with Gasteiger partial charge in [-0.05, 0) is 60.7 Å². The van der Waals surface area contributed by atoms with E-state index in [1.807, 2.05) is 27.7 Å². The third-order valence-corrected chi connectivity index (χ3v) is 3.42. The Morgan fingerprint density at radius 3 is 1.72 bits per heavy atom. The van der Waals surface area contributed by atoms with Crippen LogP contribution in [0.2, 0.25) is 0 Å². The number of benzene rings is 2. The normalized spacial score (nSPS) is 10.6. The molecule has 0 aliphatic rings. The molecule has 2 aromatic rings. The standard InChI is InChI=1S/C10H10F4.C8H9F.C2H6/c1-6(2)8-4-3-7(5-9(8)11)10(12,13)14;1-6-3-4-8(9)5-7(6)2;1-2/h3-6H,1-2H3;3-5H,1-2H3;1-2H3. The predicted octanol–water partition coefficient (Wildman–Crippen LogP) is 7.44. The van der Waals surface area contributed by atoms with Crippen LogP contribution in [-0.2, 0) is 6.18 Å². The van der Waals surface area contributed by atoms with Gasteiger partial charge in [0.25, 0.3) is 0 Å². The Morgan fingerprint density at radius 2 is 1.36 bits per heavy atom. The Kier molecular flexibility index (Phi) is 9.39. The predicted molar refractivity (Wildman–Crippen MR) is 92.7 cm³/mol. The van der Waals surface area contributed by atoms with Crippen LogP contribution in [0.1, 0.15) is 55.9 Å². The molecule has 0 unspecified atom stereocenters. The summed E-state index contributed by atoms with van der Waals surface area (Å²) in [7, 11) is 0. The summed E-state index contributed by atoms with van der Waals surface area (Å²) in [6.45, 7) is 11.3. The fourth-order valence-corrected chi connectivity index (χ4v) is 1.88. The molecular formula is C20H25F5. The second-order valence-electron chi connectivity index (χ2n) is 5.62. The van der Waals surface area contributed by atoms with E-state index >= 15 is 0 Å². The Morgan fingerprint density at radius 1 is 0.800 bits per heavy atom. The van der Waals surface area contributed by atoms with Crippen molar-refractivity contribution in [2.24, 2.45) is 0 Å². The number of alkyl halides is 3. The zero-order valence-corrected chi connectivity index (χ0v) is 15.4. The van der Waals surface area contributed by atoms with E-state index in [4.69, 9.17) is 0 Å². The highest BCUT2D eigenvalue weighted by Gasteiger charge is 2.31. The van der Waals surface area contributed by atoms with Gasteiger partial charge in [-0.1, -0.05) is 39.8 Å². The lowest BCUT2D eigenvalue weighted by Gasteiger charge is -2.10. The fourth-order valence-electron chi connectivity index (χ4n) is 1.88. The summed E-state index contributed by atoms with van der Waals surface area (Å²) in [5.41, 5.74) is 1.50. The first-order valence-electron chi connectivity index (χ1n) is 8.11. The first-order chi connectivity index (χ1) is 11.5. The maximum atomic E-state index is 13.1. The molecule has 2 aromatic carbocycles. The Labute approximate surface area is 146 Å². The summed E-state index contributed by atoms with van der Waals surface area (Å²) in [6.07, 6.45) is -4.48. The van der Waals surface area contributed by atoms with E-state index in [0.717, 1.165) is 17.2 Å². The minimum absolute atomic E-state index is 0.114. The van der Waals surface area contributed by atoms with Crippen LogP contribution in [0.3, 0.4) is 0 Å². The monoisotopic (exact) mass is 360 g/mol. The maximum Gasteiger partial charge on any atom is 0.416 e. The summed E-state index contributed by atoms with van der Waals surface area (Å²) >= 11 is 0. The quantitative estimate of drug-likeness (QED) is 0.464. The summed E-state index contributed by atoms with van der Waals surface area (Å²) in [4.78, 5) is 0.